The van der Waals surface area contributed by atoms with Gasteiger partial charge in [0.1, 0.15) is 11.5 Å². The van der Waals surface area contributed by atoms with Crippen molar-refractivity contribution >= 4 is 0 Å². The van der Waals surface area contributed by atoms with Crippen molar-refractivity contribution in [3.8, 4) is 11.5 Å². The maximum atomic E-state index is 5.80. The normalized spacial score (nSPS) is 15.1. The molecule has 3 nitrogen and oxygen atoms in total. The molecular formula is C14H21NO2. The van der Waals surface area contributed by atoms with Gasteiger partial charge in [0.2, 0.25) is 0 Å². The van der Waals surface area contributed by atoms with Crippen LogP contribution in [0.4, 0.5) is 0 Å². The van der Waals surface area contributed by atoms with E-state index in [-0.39, 0.29) is 6.10 Å². The summed E-state index contributed by atoms with van der Waals surface area (Å²) in [5, 5.41) is 3.50. The molecule has 0 bridgehead atoms. The first-order valence-electron chi connectivity index (χ1n) is 6.26. The predicted molar refractivity (Wildman–Crippen MR) is 68.6 cm³/mol. The molecule has 1 fully saturated rings. The van der Waals surface area contributed by atoms with Gasteiger partial charge in [0.05, 0.1) is 13.2 Å². The van der Waals surface area contributed by atoms with E-state index in [1.807, 2.05) is 32.0 Å². The summed E-state index contributed by atoms with van der Waals surface area (Å²) >= 11 is 0. The van der Waals surface area contributed by atoms with E-state index in [9.17, 15) is 0 Å². The minimum atomic E-state index is 0.197. The van der Waals surface area contributed by atoms with Crippen LogP contribution in [0.2, 0.25) is 0 Å². The first kappa shape index (κ1) is 12.2. The van der Waals surface area contributed by atoms with Crippen molar-refractivity contribution in [2.24, 2.45) is 0 Å². The monoisotopic (exact) mass is 235 g/mol. The van der Waals surface area contributed by atoms with Crippen molar-refractivity contribution < 1.29 is 9.47 Å². The van der Waals surface area contributed by atoms with Crippen LogP contribution in [0.25, 0.3) is 0 Å². The third-order valence-electron chi connectivity index (χ3n) is 2.79. The van der Waals surface area contributed by atoms with Gasteiger partial charge in [-0.1, -0.05) is 0 Å². The van der Waals surface area contributed by atoms with Gasteiger partial charge >= 0.3 is 0 Å². The zero-order valence-electron chi connectivity index (χ0n) is 10.8. The van der Waals surface area contributed by atoms with E-state index in [0.29, 0.717) is 6.04 Å². The molecule has 1 aliphatic carbocycles. The number of hydrogen-bond donors (Lipinski definition) is 1. The van der Waals surface area contributed by atoms with Crippen LogP contribution in [0.3, 0.4) is 0 Å². The molecule has 0 aliphatic heterocycles. The molecule has 17 heavy (non-hydrogen) atoms. The summed E-state index contributed by atoms with van der Waals surface area (Å²) in [7, 11) is 1.69. The van der Waals surface area contributed by atoms with E-state index in [1.54, 1.807) is 7.11 Å². The Morgan fingerprint density at radius 2 is 2.12 bits per heavy atom. The lowest BCUT2D eigenvalue weighted by atomic mass is 10.2. The first-order chi connectivity index (χ1) is 8.19. The van der Waals surface area contributed by atoms with Gasteiger partial charge in [0, 0.05) is 18.2 Å². The Balaban J connectivity index is 2.10. The molecule has 1 N–H and O–H groups in total. The summed E-state index contributed by atoms with van der Waals surface area (Å²) in [5.41, 5.74) is 1.17. The highest BCUT2D eigenvalue weighted by atomic mass is 16.5. The molecular weight excluding hydrogens is 214 g/mol. The standard InChI is InChI=1S/C14H21NO2/c1-10(2)17-14-7-6-13(16-3)8-11(14)9-15-12-4-5-12/h6-8,10,12,15H,4-5,9H2,1-3H3. The van der Waals surface area contributed by atoms with Gasteiger partial charge in [-0.25, -0.2) is 0 Å². The number of benzene rings is 1. The van der Waals surface area contributed by atoms with E-state index < -0.39 is 0 Å². The Morgan fingerprint density at radius 1 is 1.35 bits per heavy atom. The van der Waals surface area contributed by atoms with Crippen molar-refractivity contribution in [1.29, 1.82) is 0 Å². The van der Waals surface area contributed by atoms with E-state index in [2.05, 4.69) is 5.32 Å². The summed E-state index contributed by atoms with van der Waals surface area (Å²) in [5.74, 6) is 1.84. The van der Waals surface area contributed by atoms with Crippen LogP contribution in [-0.4, -0.2) is 19.3 Å². The summed E-state index contributed by atoms with van der Waals surface area (Å²) in [6.45, 7) is 4.94. The van der Waals surface area contributed by atoms with E-state index in [1.165, 1.54) is 18.4 Å². The number of rotatable bonds is 6. The van der Waals surface area contributed by atoms with Gasteiger partial charge in [-0.05, 0) is 44.9 Å². The zero-order chi connectivity index (χ0) is 12.3. The summed E-state index contributed by atoms with van der Waals surface area (Å²) < 4.78 is 11.1. The maximum Gasteiger partial charge on any atom is 0.124 e. The Kier molecular flexibility index (Phi) is 3.89. The number of hydrogen-bond acceptors (Lipinski definition) is 3. The van der Waals surface area contributed by atoms with E-state index in [4.69, 9.17) is 9.47 Å². The molecule has 0 unspecified atom stereocenters. The van der Waals surface area contributed by atoms with Gasteiger partial charge in [-0.3, -0.25) is 0 Å². The van der Waals surface area contributed by atoms with Gasteiger partial charge in [0.25, 0.3) is 0 Å². The fourth-order valence-corrected chi connectivity index (χ4v) is 1.73. The Labute approximate surface area is 103 Å². The van der Waals surface area contributed by atoms with Gasteiger partial charge in [-0.2, -0.15) is 0 Å². The van der Waals surface area contributed by atoms with Crippen molar-refractivity contribution in [3.63, 3.8) is 0 Å². The average molecular weight is 235 g/mol. The summed E-state index contributed by atoms with van der Waals surface area (Å²) in [6.07, 6.45) is 2.79. The second kappa shape index (κ2) is 5.41. The highest BCUT2D eigenvalue weighted by Gasteiger charge is 2.20. The smallest absolute Gasteiger partial charge is 0.124 e. The minimum Gasteiger partial charge on any atom is -0.497 e. The molecule has 3 heteroatoms. The molecule has 0 saturated heterocycles. The molecule has 1 aromatic carbocycles. The lowest BCUT2D eigenvalue weighted by Gasteiger charge is -2.15. The van der Waals surface area contributed by atoms with Gasteiger partial charge in [-0.15, -0.1) is 0 Å². The molecule has 0 amide bonds. The largest absolute Gasteiger partial charge is 0.497 e. The quantitative estimate of drug-likeness (QED) is 0.822. The Hall–Kier alpha value is -1.22. The lowest BCUT2D eigenvalue weighted by Crippen LogP contribution is -2.17. The van der Waals surface area contributed by atoms with Crippen LogP contribution in [0, 0.1) is 0 Å². The second-order valence-corrected chi connectivity index (χ2v) is 4.80. The predicted octanol–water partition coefficient (Wildman–Crippen LogP) is 2.73. The van der Waals surface area contributed by atoms with Crippen LogP contribution >= 0.6 is 0 Å². The first-order valence-corrected chi connectivity index (χ1v) is 6.26. The Bertz CT molecular complexity index is 372. The van der Waals surface area contributed by atoms with Crippen molar-refractivity contribution in [2.75, 3.05) is 7.11 Å². The third-order valence-corrected chi connectivity index (χ3v) is 2.79. The maximum absolute atomic E-state index is 5.80. The van der Waals surface area contributed by atoms with Gasteiger partial charge in [0.15, 0.2) is 0 Å². The zero-order valence-corrected chi connectivity index (χ0v) is 10.8. The SMILES string of the molecule is COc1ccc(OC(C)C)c(CNC2CC2)c1. The number of nitrogens with one attached hydrogen (secondary N) is 1. The molecule has 94 valence electrons. The summed E-state index contributed by atoms with van der Waals surface area (Å²) in [6, 6.07) is 6.68. The molecule has 2 rings (SSSR count). The molecule has 1 saturated carbocycles. The lowest BCUT2D eigenvalue weighted by molar-refractivity contribution is 0.239. The van der Waals surface area contributed by atoms with Gasteiger partial charge < -0.3 is 14.8 Å². The second-order valence-electron chi connectivity index (χ2n) is 4.80. The molecule has 0 aromatic heterocycles. The molecule has 0 heterocycles. The van der Waals surface area contributed by atoms with Crippen molar-refractivity contribution in [1.82, 2.24) is 5.32 Å². The minimum absolute atomic E-state index is 0.197. The van der Waals surface area contributed by atoms with Crippen LogP contribution in [-0.2, 0) is 6.54 Å². The molecule has 1 aromatic rings. The van der Waals surface area contributed by atoms with Crippen molar-refractivity contribution in [2.45, 2.75) is 45.4 Å². The van der Waals surface area contributed by atoms with Crippen LogP contribution in [0.5, 0.6) is 11.5 Å². The van der Waals surface area contributed by atoms with Crippen LogP contribution < -0.4 is 14.8 Å². The van der Waals surface area contributed by atoms with E-state index in [0.717, 1.165) is 18.0 Å². The highest BCUT2D eigenvalue weighted by molar-refractivity contribution is 5.40. The van der Waals surface area contributed by atoms with Crippen molar-refractivity contribution in [3.05, 3.63) is 23.8 Å². The molecule has 0 atom stereocenters. The third kappa shape index (κ3) is 3.63. The number of ether oxygens (including phenoxy) is 2. The Morgan fingerprint density at radius 3 is 2.71 bits per heavy atom. The average Bonchev–Trinajstić information content (AvgIpc) is 3.11. The topological polar surface area (TPSA) is 30.5 Å². The van der Waals surface area contributed by atoms with E-state index >= 15 is 0 Å². The molecule has 0 spiro atoms. The molecule has 0 radical (unpaired) electrons. The van der Waals surface area contributed by atoms with Crippen LogP contribution in [0.1, 0.15) is 32.3 Å². The molecule has 1 aliphatic rings. The summed E-state index contributed by atoms with van der Waals surface area (Å²) in [4.78, 5) is 0. The fourth-order valence-electron chi connectivity index (χ4n) is 1.73. The number of methoxy groups -OCH3 is 1. The highest BCUT2D eigenvalue weighted by Crippen LogP contribution is 2.26. The fraction of sp³-hybridized carbons (Fsp3) is 0.571. The van der Waals surface area contributed by atoms with Crippen LogP contribution in [0.15, 0.2) is 18.2 Å².